The van der Waals surface area contributed by atoms with Crippen LogP contribution in [0.15, 0.2) is 264 Å². The fourth-order valence-electron chi connectivity index (χ4n) is 9.61. The average Bonchev–Trinajstić information content (AvgIpc) is 3.98. The molecular formula is C62H42N2O2. The molecule has 0 aliphatic rings. The number of rotatable bonds is 10. The van der Waals surface area contributed by atoms with E-state index in [9.17, 15) is 0 Å². The molecule has 0 fully saturated rings. The van der Waals surface area contributed by atoms with Crippen LogP contribution in [0.25, 0.3) is 77.6 Å². The second-order valence-corrected chi connectivity index (χ2v) is 16.4. The molecule has 0 saturated carbocycles. The number of para-hydroxylation sites is 4. The normalized spacial score (nSPS) is 11.3. The van der Waals surface area contributed by atoms with Gasteiger partial charge < -0.3 is 18.6 Å². The zero-order chi connectivity index (χ0) is 43.8. The van der Waals surface area contributed by atoms with Crippen LogP contribution in [-0.4, -0.2) is 0 Å². The number of nitrogens with zero attached hydrogens (tertiary/aromatic N) is 2. The van der Waals surface area contributed by atoms with Crippen molar-refractivity contribution in [2.24, 2.45) is 0 Å². The van der Waals surface area contributed by atoms with E-state index in [2.05, 4.69) is 265 Å². The fourth-order valence-corrected chi connectivity index (χ4v) is 9.61. The molecule has 2 aromatic heterocycles. The summed E-state index contributed by atoms with van der Waals surface area (Å²) in [5.41, 5.74) is 13.6. The van der Waals surface area contributed by atoms with Crippen molar-refractivity contribution in [3.05, 3.63) is 255 Å². The lowest BCUT2D eigenvalue weighted by atomic mass is 9.89. The largest absolute Gasteiger partial charge is 0.455 e. The van der Waals surface area contributed by atoms with Crippen LogP contribution in [-0.2, 0) is 0 Å². The predicted molar refractivity (Wildman–Crippen MR) is 275 cm³/mol. The number of fused-ring (bicyclic) bond motifs is 5. The lowest BCUT2D eigenvalue weighted by Crippen LogP contribution is -2.13. The summed E-state index contributed by atoms with van der Waals surface area (Å²) in [6, 6.07) is 89.5. The molecule has 4 heteroatoms. The summed E-state index contributed by atoms with van der Waals surface area (Å²) in [7, 11) is 0. The maximum atomic E-state index is 7.39. The maximum Gasteiger partial charge on any atom is 0.143 e. The second-order valence-electron chi connectivity index (χ2n) is 16.4. The van der Waals surface area contributed by atoms with Crippen LogP contribution in [0.1, 0.15) is 0 Å². The molecule has 0 atom stereocenters. The van der Waals surface area contributed by atoms with Gasteiger partial charge in [-0.2, -0.15) is 0 Å². The minimum absolute atomic E-state index is 0.766. The van der Waals surface area contributed by atoms with Gasteiger partial charge >= 0.3 is 0 Å². The second kappa shape index (κ2) is 16.7. The van der Waals surface area contributed by atoms with Crippen molar-refractivity contribution >= 4 is 66.8 Å². The number of anilines is 6. The summed E-state index contributed by atoms with van der Waals surface area (Å²) in [6.45, 7) is 0. The predicted octanol–water partition coefficient (Wildman–Crippen LogP) is 17.9. The summed E-state index contributed by atoms with van der Waals surface area (Å²) in [6.07, 6.45) is 0. The Hall–Kier alpha value is -8.86. The SMILES string of the molecule is c1ccc(-c2oc3cc(N(c4ccccc4)c4ccccc4)c4c5c(-c6ccccc6)c(-c6ccccc6)oc5cc(N(c5ccccc5)c5ccccc5)c4c3c2-c2ccccc2)cc1. The summed E-state index contributed by atoms with van der Waals surface area (Å²) in [5, 5.41) is 4.08. The van der Waals surface area contributed by atoms with E-state index in [0.717, 1.165) is 112 Å². The van der Waals surface area contributed by atoms with E-state index in [1.165, 1.54) is 0 Å². The highest BCUT2D eigenvalue weighted by Gasteiger charge is 2.32. The Bertz CT molecular complexity index is 3270. The summed E-state index contributed by atoms with van der Waals surface area (Å²) in [4.78, 5) is 4.74. The Morgan fingerprint density at radius 1 is 0.242 bits per heavy atom. The minimum Gasteiger partial charge on any atom is -0.455 e. The molecule has 66 heavy (non-hydrogen) atoms. The van der Waals surface area contributed by atoms with Crippen molar-refractivity contribution in [1.82, 2.24) is 0 Å². The third-order valence-electron chi connectivity index (χ3n) is 12.4. The topological polar surface area (TPSA) is 32.8 Å². The molecular weight excluding hydrogens is 805 g/mol. The molecule has 0 aliphatic heterocycles. The van der Waals surface area contributed by atoms with Crippen LogP contribution < -0.4 is 9.80 Å². The first-order valence-electron chi connectivity index (χ1n) is 22.3. The van der Waals surface area contributed by atoms with E-state index in [1.54, 1.807) is 0 Å². The van der Waals surface area contributed by atoms with Gasteiger partial charge in [0.1, 0.15) is 22.7 Å². The third-order valence-corrected chi connectivity index (χ3v) is 12.4. The van der Waals surface area contributed by atoms with Gasteiger partial charge in [0, 0.05) is 78.7 Å². The molecule has 0 saturated heterocycles. The molecule has 0 bridgehead atoms. The van der Waals surface area contributed by atoms with Crippen molar-refractivity contribution in [1.29, 1.82) is 0 Å². The monoisotopic (exact) mass is 846 g/mol. The van der Waals surface area contributed by atoms with E-state index in [0.29, 0.717) is 0 Å². The Balaban J connectivity index is 1.39. The number of benzene rings is 10. The Morgan fingerprint density at radius 3 is 0.758 bits per heavy atom. The van der Waals surface area contributed by atoms with E-state index >= 15 is 0 Å². The van der Waals surface area contributed by atoms with Crippen molar-refractivity contribution < 1.29 is 8.83 Å². The van der Waals surface area contributed by atoms with E-state index in [-0.39, 0.29) is 0 Å². The Morgan fingerprint density at radius 2 is 0.485 bits per heavy atom. The van der Waals surface area contributed by atoms with Gasteiger partial charge in [-0.25, -0.2) is 0 Å². The van der Waals surface area contributed by atoms with Crippen molar-refractivity contribution in [3.8, 4) is 44.9 Å². The zero-order valence-electron chi connectivity index (χ0n) is 36.0. The number of hydrogen-bond acceptors (Lipinski definition) is 4. The highest BCUT2D eigenvalue weighted by molar-refractivity contribution is 6.33. The van der Waals surface area contributed by atoms with E-state index in [4.69, 9.17) is 8.83 Å². The van der Waals surface area contributed by atoms with Crippen LogP contribution >= 0.6 is 0 Å². The smallest absolute Gasteiger partial charge is 0.143 e. The van der Waals surface area contributed by atoms with Crippen LogP contribution in [0.3, 0.4) is 0 Å². The fraction of sp³-hybridized carbons (Fsp3) is 0. The zero-order valence-corrected chi connectivity index (χ0v) is 36.0. The average molecular weight is 847 g/mol. The molecule has 12 rings (SSSR count). The summed E-state index contributed by atoms with van der Waals surface area (Å²) < 4.78 is 14.8. The van der Waals surface area contributed by atoms with Gasteiger partial charge in [0.25, 0.3) is 0 Å². The van der Waals surface area contributed by atoms with Crippen molar-refractivity contribution in [3.63, 3.8) is 0 Å². The van der Waals surface area contributed by atoms with Gasteiger partial charge in [-0.15, -0.1) is 0 Å². The highest BCUT2D eigenvalue weighted by atomic mass is 16.3. The van der Waals surface area contributed by atoms with Crippen molar-refractivity contribution in [2.45, 2.75) is 0 Å². The van der Waals surface area contributed by atoms with Crippen LogP contribution in [0.2, 0.25) is 0 Å². The summed E-state index contributed by atoms with van der Waals surface area (Å²) >= 11 is 0. The quantitative estimate of drug-likeness (QED) is 0.137. The molecule has 2 heterocycles. The highest BCUT2D eigenvalue weighted by Crippen LogP contribution is 2.57. The lowest BCUT2D eigenvalue weighted by molar-refractivity contribution is 0.632. The molecule has 12 aromatic rings. The van der Waals surface area contributed by atoms with Crippen molar-refractivity contribution in [2.75, 3.05) is 9.80 Å². The van der Waals surface area contributed by atoms with E-state index in [1.807, 2.05) is 0 Å². The van der Waals surface area contributed by atoms with Crippen LogP contribution in [0.5, 0.6) is 0 Å². The molecule has 0 unspecified atom stereocenters. The first-order chi connectivity index (χ1) is 32.8. The molecule has 0 radical (unpaired) electrons. The molecule has 4 nitrogen and oxygen atoms in total. The molecule has 0 aliphatic carbocycles. The molecule has 0 N–H and O–H groups in total. The Labute approximate surface area is 383 Å². The maximum absolute atomic E-state index is 7.39. The number of furan rings is 2. The standard InChI is InChI=1S/C62H42N2O2/c1-9-25-43(26-10-1)55-59-53(65-61(55)45-29-13-3-14-30-45)41-52(64(49-37-21-7-22-38-49)50-39-23-8-24-40-50)58-57(59)51(63(47-33-17-5-18-34-47)48-35-19-6-20-36-48)42-54-60(58)56(44-27-11-2-12-28-44)62(66-54)46-31-15-4-16-32-46/h1-42H. The van der Waals surface area contributed by atoms with Crippen LogP contribution in [0.4, 0.5) is 34.1 Å². The van der Waals surface area contributed by atoms with Crippen LogP contribution in [0, 0.1) is 0 Å². The minimum atomic E-state index is 0.766. The number of hydrogen-bond donors (Lipinski definition) is 0. The molecule has 312 valence electrons. The van der Waals surface area contributed by atoms with Gasteiger partial charge in [-0.3, -0.25) is 0 Å². The molecule has 10 aromatic carbocycles. The van der Waals surface area contributed by atoms with Gasteiger partial charge in [0.05, 0.1) is 11.4 Å². The van der Waals surface area contributed by atoms with Gasteiger partial charge in [0.15, 0.2) is 0 Å². The van der Waals surface area contributed by atoms with E-state index < -0.39 is 0 Å². The van der Waals surface area contributed by atoms with Gasteiger partial charge in [-0.05, 0) is 59.7 Å². The summed E-state index contributed by atoms with van der Waals surface area (Å²) in [5.74, 6) is 1.61. The molecule has 0 amide bonds. The van der Waals surface area contributed by atoms with Gasteiger partial charge in [-0.1, -0.05) is 194 Å². The first-order valence-corrected chi connectivity index (χ1v) is 22.3. The Kier molecular flexibility index (Phi) is 9.81. The first kappa shape index (κ1) is 38.8. The third kappa shape index (κ3) is 6.72. The molecule has 0 spiro atoms. The lowest BCUT2D eigenvalue weighted by Gasteiger charge is -2.30. The van der Waals surface area contributed by atoms with Gasteiger partial charge in [0.2, 0.25) is 0 Å².